The molecule has 1 aromatic carbocycles. The highest BCUT2D eigenvalue weighted by atomic mass is 16.5. The lowest BCUT2D eigenvalue weighted by Crippen LogP contribution is -2.18. The molecule has 0 aliphatic rings. The third-order valence-corrected chi connectivity index (χ3v) is 2.74. The Bertz CT molecular complexity index is 590. The summed E-state index contributed by atoms with van der Waals surface area (Å²) >= 11 is 0. The van der Waals surface area contributed by atoms with E-state index in [0.717, 1.165) is 22.6 Å². The van der Waals surface area contributed by atoms with Crippen molar-refractivity contribution < 1.29 is 4.74 Å². The van der Waals surface area contributed by atoms with Crippen molar-refractivity contribution in [2.24, 2.45) is 0 Å². The highest BCUT2D eigenvalue weighted by Crippen LogP contribution is 2.21. The van der Waals surface area contributed by atoms with Crippen molar-refractivity contribution in [2.45, 2.75) is 6.54 Å². The molecule has 0 unspecified atom stereocenters. The minimum Gasteiger partial charge on any atom is -0.497 e. The fourth-order valence-electron chi connectivity index (χ4n) is 1.79. The zero-order chi connectivity index (χ0) is 13.0. The van der Waals surface area contributed by atoms with Crippen LogP contribution in [-0.4, -0.2) is 19.1 Å². The van der Waals surface area contributed by atoms with Gasteiger partial charge in [0.1, 0.15) is 5.75 Å². The highest BCUT2D eigenvalue weighted by Gasteiger charge is 2.03. The number of hydrogen-bond acceptors (Lipinski definition) is 3. The van der Waals surface area contributed by atoms with Crippen LogP contribution in [0.15, 0.2) is 41.2 Å². The molecule has 0 spiro atoms. The van der Waals surface area contributed by atoms with Crippen LogP contribution in [0, 0.1) is 0 Å². The van der Waals surface area contributed by atoms with Gasteiger partial charge in [0.25, 0.3) is 5.56 Å². The van der Waals surface area contributed by atoms with Gasteiger partial charge in [0, 0.05) is 23.4 Å². The van der Waals surface area contributed by atoms with E-state index >= 15 is 0 Å². The maximum atomic E-state index is 11.8. The van der Waals surface area contributed by atoms with Crippen molar-refractivity contribution >= 4 is 0 Å². The van der Waals surface area contributed by atoms with Gasteiger partial charge in [0.05, 0.1) is 7.11 Å². The van der Waals surface area contributed by atoms with Gasteiger partial charge in [-0.25, -0.2) is 0 Å². The van der Waals surface area contributed by atoms with E-state index in [2.05, 4.69) is 10.3 Å². The predicted octanol–water partition coefficient (Wildman–Crippen LogP) is 1.77. The van der Waals surface area contributed by atoms with E-state index in [-0.39, 0.29) is 5.56 Å². The summed E-state index contributed by atoms with van der Waals surface area (Å²) in [5.41, 5.74) is 2.38. The van der Waals surface area contributed by atoms with Crippen LogP contribution in [0.2, 0.25) is 0 Å². The summed E-state index contributed by atoms with van der Waals surface area (Å²) in [7, 11) is 3.44. The molecule has 0 aliphatic heterocycles. The molecule has 1 heterocycles. The van der Waals surface area contributed by atoms with Gasteiger partial charge >= 0.3 is 0 Å². The number of ether oxygens (including phenoxy) is 1. The number of methoxy groups -OCH3 is 1. The van der Waals surface area contributed by atoms with Crippen LogP contribution < -0.4 is 15.6 Å². The van der Waals surface area contributed by atoms with Crippen molar-refractivity contribution in [3.05, 3.63) is 52.3 Å². The topological polar surface area (TPSA) is 54.1 Å². The first-order valence-corrected chi connectivity index (χ1v) is 5.76. The van der Waals surface area contributed by atoms with Crippen LogP contribution in [0.4, 0.5) is 0 Å². The number of benzene rings is 1. The first-order valence-electron chi connectivity index (χ1n) is 5.76. The Morgan fingerprint density at radius 1 is 1.28 bits per heavy atom. The Hall–Kier alpha value is -2.07. The molecule has 4 heteroatoms. The van der Waals surface area contributed by atoms with Crippen LogP contribution in [0.5, 0.6) is 5.75 Å². The van der Waals surface area contributed by atoms with Gasteiger partial charge in [-0.3, -0.25) is 4.79 Å². The zero-order valence-corrected chi connectivity index (χ0v) is 10.5. The maximum Gasteiger partial charge on any atom is 0.252 e. The van der Waals surface area contributed by atoms with E-state index in [0.29, 0.717) is 6.54 Å². The van der Waals surface area contributed by atoms with Crippen LogP contribution in [0.3, 0.4) is 0 Å². The molecule has 0 radical (unpaired) electrons. The van der Waals surface area contributed by atoms with Crippen molar-refractivity contribution in [3.8, 4) is 17.0 Å². The highest BCUT2D eigenvalue weighted by molar-refractivity contribution is 5.61. The second-order valence-corrected chi connectivity index (χ2v) is 3.99. The van der Waals surface area contributed by atoms with E-state index in [1.807, 2.05) is 43.4 Å². The Morgan fingerprint density at radius 3 is 2.78 bits per heavy atom. The summed E-state index contributed by atoms with van der Waals surface area (Å²) in [5.74, 6) is 0.771. The zero-order valence-electron chi connectivity index (χ0n) is 10.5. The summed E-state index contributed by atoms with van der Waals surface area (Å²) in [5, 5.41) is 2.96. The second-order valence-electron chi connectivity index (χ2n) is 3.99. The molecule has 2 aromatic rings. The quantitative estimate of drug-likeness (QED) is 0.861. The van der Waals surface area contributed by atoms with E-state index in [4.69, 9.17) is 4.74 Å². The third kappa shape index (κ3) is 2.60. The van der Waals surface area contributed by atoms with Gasteiger partial charge in [-0.1, -0.05) is 18.2 Å². The van der Waals surface area contributed by atoms with Crippen LogP contribution in [-0.2, 0) is 6.54 Å². The molecule has 2 N–H and O–H groups in total. The average molecular weight is 244 g/mol. The normalized spacial score (nSPS) is 10.3. The largest absolute Gasteiger partial charge is 0.497 e. The Balaban J connectivity index is 2.39. The van der Waals surface area contributed by atoms with E-state index in [9.17, 15) is 4.79 Å². The Kier molecular flexibility index (Phi) is 3.79. The maximum absolute atomic E-state index is 11.8. The summed E-state index contributed by atoms with van der Waals surface area (Å²) in [6.07, 6.45) is 0. The molecule has 18 heavy (non-hydrogen) atoms. The summed E-state index contributed by atoms with van der Waals surface area (Å²) < 4.78 is 5.17. The number of rotatable bonds is 4. The fourth-order valence-corrected chi connectivity index (χ4v) is 1.79. The van der Waals surface area contributed by atoms with E-state index in [1.54, 1.807) is 7.11 Å². The van der Waals surface area contributed by atoms with Gasteiger partial charge in [0.2, 0.25) is 0 Å². The predicted molar refractivity (Wildman–Crippen MR) is 71.8 cm³/mol. The molecule has 0 bridgehead atoms. The number of aromatic amines is 1. The summed E-state index contributed by atoms with van der Waals surface area (Å²) in [6.45, 7) is 0.563. The molecule has 0 aliphatic carbocycles. The van der Waals surface area contributed by atoms with Crippen molar-refractivity contribution in [3.63, 3.8) is 0 Å². The molecule has 2 rings (SSSR count). The molecule has 0 saturated carbocycles. The monoisotopic (exact) mass is 244 g/mol. The Morgan fingerprint density at radius 2 is 2.11 bits per heavy atom. The molecular formula is C14H16N2O2. The molecule has 94 valence electrons. The van der Waals surface area contributed by atoms with Crippen molar-refractivity contribution in [2.75, 3.05) is 14.2 Å². The lowest BCUT2D eigenvalue weighted by Gasteiger charge is -2.06. The smallest absolute Gasteiger partial charge is 0.252 e. The summed E-state index contributed by atoms with van der Waals surface area (Å²) in [4.78, 5) is 14.7. The van der Waals surface area contributed by atoms with Crippen molar-refractivity contribution in [1.29, 1.82) is 0 Å². The number of nitrogens with one attached hydrogen (secondary N) is 2. The number of H-pyrrole nitrogens is 1. The standard InChI is InChI=1S/C14H16N2O2/c1-15-9-11-6-7-13(16-14(11)17)10-4-3-5-12(8-10)18-2/h3-8,15H,9H2,1-2H3,(H,16,17). The minimum atomic E-state index is -0.0651. The van der Waals surface area contributed by atoms with Gasteiger partial charge in [-0.15, -0.1) is 0 Å². The SMILES string of the molecule is CNCc1ccc(-c2cccc(OC)c2)[nH]c1=O. The van der Waals surface area contributed by atoms with Crippen LogP contribution in [0.25, 0.3) is 11.3 Å². The van der Waals surface area contributed by atoms with Gasteiger partial charge in [0.15, 0.2) is 0 Å². The first kappa shape index (κ1) is 12.4. The molecule has 0 amide bonds. The number of hydrogen-bond donors (Lipinski definition) is 2. The molecule has 0 fully saturated rings. The fraction of sp³-hybridized carbons (Fsp3) is 0.214. The molecule has 0 saturated heterocycles. The minimum absolute atomic E-state index is 0.0651. The van der Waals surface area contributed by atoms with Gasteiger partial charge < -0.3 is 15.0 Å². The molecule has 4 nitrogen and oxygen atoms in total. The average Bonchev–Trinajstić information content (AvgIpc) is 2.41. The first-order chi connectivity index (χ1) is 8.74. The third-order valence-electron chi connectivity index (χ3n) is 2.74. The van der Waals surface area contributed by atoms with Crippen LogP contribution in [0.1, 0.15) is 5.56 Å². The lowest BCUT2D eigenvalue weighted by molar-refractivity contribution is 0.415. The second kappa shape index (κ2) is 5.51. The molecule has 0 atom stereocenters. The number of aromatic nitrogens is 1. The lowest BCUT2D eigenvalue weighted by atomic mass is 10.1. The molecular weight excluding hydrogens is 228 g/mol. The number of pyridine rings is 1. The van der Waals surface area contributed by atoms with Crippen LogP contribution >= 0.6 is 0 Å². The molecule has 1 aromatic heterocycles. The summed E-state index contributed by atoms with van der Waals surface area (Å²) in [6, 6.07) is 11.3. The van der Waals surface area contributed by atoms with Gasteiger partial charge in [-0.05, 0) is 25.2 Å². The van der Waals surface area contributed by atoms with E-state index < -0.39 is 0 Å². The van der Waals surface area contributed by atoms with Gasteiger partial charge in [-0.2, -0.15) is 0 Å². The van der Waals surface area contributed by atoms with Crippen molar-refractivity contribution in [1.82, 2.24) is 10.3 Å². The van der Waals surface area contributed by atoms with E-state index in [1.165, 1.54) is 0 Å². The Labute approximate surface area is 106 Å².